The second-order valence-corrected chi connectivity index (χ2v) is 10.2. The van der Waals surface area contributed by atoms with Crippen LogP contribution in [-0.4, -0.2) is 39.5 Å². The van der Waals surface area contributed by atoms with Crippen LogP contribution in [0.1, 0.15) is 90.1 Å². The molecule has 1 aromatic heterocycles. The number of alkyl halides is 4. The third-order valence-electron chi connectivity index (χ3n) is 6.26. The average Bonchev–Trinajstić information content (AvgIpc) is 3.36. The van der Waals surface area contributed by atoms with Crippen LogP contribution in [0.3, 0.4) is 0 Å². The molecule has 35 heavy (non-hydrogen) atoms. The van der Waals surface area contributed by atoms with Gasteiger partial charge in [-0.15, -0.1) is 0 Å². The van der Waals surface area contributed by atoms with E-state index in [1.807, 2.05) is 0 Å². The Balaban J connectivity index is 1.76. The lowest BCUT2D eigenvalue weighted by Gasteiger charge is -2.34. The number of ether oxygens (including phenoxy) is 1. The minimum absolute atomic E-state index is 0.00443. The maximum absolute atomic E-state index is 14.8. The Kier molecular flexibility index (Phi) is 8.47. The zero-order chi connectivity index (χ0) is 25.9. The predicted octanol–water partition coefficient (Wildman–Crippen LogP) is 6.66. The van der Waals surface area contributed by atoms with E-state index < -0.39 is 29.1 Å². The van der Waals surface area contributed by atoms with Gasteiger partial charge in [0.2, 0.25) is 11.7 Å². The summed E-state index contributed by atoms with van der Waals surface area (Å²) >= 11 is 0. The van der Waals surface area contributed by atoms with E-state index in [9.17, 15) is 17.6 Å². The largest absolute Gasteiger partial charge is 0.493 e. The van der Waals surface area contributed by atoms with E-state index >= 15 is 0 Å². The predicted molar refractivity (Wildman–Crippen MR) is 125 cm³/mol. The van der Waals surface area contributed by atoms with E-state index in [-0.39, 0.29) is 42.6 Å². The number of benzene rings is 1. The van der Waals surface area contributed by atoms with Gasteiger partial charge >= 0.3 is 6.18 Å². The minimum Gasteiger partial charge on any atom is -0.493 e. The molecule has 0 radical (unpaired) electrons. The van der Waals surface area contributed by atoms with Gasteiger partial charge in [0.15, 0.2) is 0 Å². The molecular formula is C25H36F4N4O2. The summed E-state index contributed by atoms with van der Waals surface area (Å²) < 4.78 is 66.9. The summed E-state index contributed by atoms with van der Waals surface area (Å²) in [6, 6.07) is 3.14. The van der Waals surface area contributed by atoms with Crippen molar-refractivity contribution < 1.29 is 26.8 Å². The zero-order valence-corrected chi connectivity index (χ0v) is 20.9. The molecule has 196 valence electrons. The van der Waals surface area contributed by atoms with Gasteiger partial charge in [-0.25, -0.2) is 4.39 Å². The number of rotatable bonds is 11. The first-order chi connectivity index (χ1) is 16.3. The zero-order valence-electron chi connectivity index (χ0n) is 20.9. The summed E-state index contributed by atoms with van der Waals surface area (Å²) in [6.45, 7) is 7.40. The maximum atomic E-state index is 14.8. The fraction of sp³-hybridized carbons (Fsp3) is 0.680. The molecule has 1 aliphatic heterocycles. The maximum Gasteiger partial charge on any atom is 0.419 e. The van der Waals surface area contributed by atoms with E-state index in [2.05, 4.69) is 17.1 Å². The molecule has 10 heteroatoms. The highest BCUT2D eigenvalue weighted by Gasteiger charge is 2.48. The molecule has 2 N–H and O–H groups in total. The average molecular weight is 501 g/mol. The molecule has 1 aliphatic rings. The van der Waals surface area contributed by atoms with E-state index in [0.29, 0.717) is 6.42 Å². The normalized spacial score (nSPS) is 21.6. The molecular weight excluding hydrogens is 464 g/mol. The smallest absolute Gasteiger partial charge is 0.419 e. The highest BCUT2D eigenvalue weighted by atomic mass is 19.4. The highest BCUT2D eigenvalue weighted by Crippen LogP contribution is 2.43. The summed E-state index contributed by atoms with van der Waals surface area (Å²) in [5.74, 6) is -0.106. The number of nitrogens with two attached hydrogens (primary N) is 1. The van der Waals surface area contributed by atoms with Crippen molar-refractivity contribution in [1.82, 2.24) is 15.0 Å². The number of hydrogen-bond donors (Lipinski definition) is 1. The first-order valence-electron chi connectivity index (χ1n) is 12.2. The van der Waals surface area contributed by atoms with Crippen molar-refractivity contribution in [2.75, 3.05) is 13.2 Å². The number of halogens is 4. The van der Waals surface area contributed by atoms with E-state index in [0.717, 1.165) is 38.2 Å². The Hall–Kier alpha value is -2.20. The Morgan fingerprint density at radius 3 is 2.51 bits per heavy atom. The Morgan fingerprint density at radius 1 is 1.17 bits per heavy atom. The molecule has 0 aliphatic carbocycles. The molecule has 0 saturated carbocycles. The van der Waals surface area contributed by atoms with Gasteiger partial charge in [0.1, 0.15) is 11.4 Å². The van der Waals surface area contributed by atoms with Gasteiger partial charge in [-0.3, -0.25) is 4.90 Å². The summed E-state index contributed by atoms with van der Waals surface area (Å²) in [5, 5.41) is 3.87. The lowest BCUT2D eigenvalue weighted by atomic mass is 10.0. The van der Waals surface area contributed by atoms with Crippen molar-refractivity contribution in [3.05, 3.63) is 29.7 Å². The Bertz CT molecular complexity index is 969. The highest BCUT2D eigenvalue weighted by molar-refractivity contribution is 5.59. The number of nitrogens with zero attached hydrogens (tertiary/aromatic N) is 3. The molecule has 0 bridgehead atoms. The van der Waals surface area contributed by atoms with Crippen LogP contribution in [0.15, 0.2) is 22.7 Å². The van der Waals surface area contributed by atoms with E-state index in [4.69, 9.17) is 15.0 Å². The van der Waals surface area contributed by atoms with Crippen molar-refractivity contribution in [3.63, 3.8) is 0 Å². The quantitative estimate of drug-likeness (QED) is 0.274. The standard InChI is InChI=1S/C25H36F4N4O2/c1-5-6-7-8-9-10-13-34-20-12-11-17(14-18(20)25(27,28)29)21-31-22(35-32-21)19-15-24(4,26)16-33(19)23(2,3)30/h11-12,14,19H,5-10,13,15-16,30H2,1-4H3. The van der Waals surface area contributed by atoms with Crippen LogP contribution < -0.4 is 10.5 Å². The topological polar surface area (TPSA) is 77.4 Å². The summed E-state index contributed by atoms with van der Waals surface area (Å²) in [4.78, 5) is 6.03. The Labute approximate surface area is 204 Å². The van der Waals surface area contributed by atoms with Crippen LogP contribution in [0.25, 0.3) is 11.4 Å². The second-order valence-electron chi connectivity index (χ2n) is 10.2. The molecule has 6 nitrogen and oxygen atoms in total. The van der Waals surface area contributed by atoms with Crippen LogP contribution in [0.2, 0.25) is 0 Å². The first-order valence-corrected chi connectivity index (χ1v) is 12.2. The van der Waals surface area contributed by atoms with Crippen molar-refractivity contribution in [3.8, 4) is 17.1 Å². The van der Waals surface area contributed by atoms with Crippen molar-refractivity contribution >= 4 is 0 Å². The third kappa shape index (κ3) is 7.16. The molecule has 2 heterocycles. The summed E-state index contributed by atoms with van der Waals surface area (Å²) in [5.41, 5.74) is 3.09. The number of likely N-dealkylation sites (tertiary alicyclic amines) is 1. The van der Waals surface area contributed by atoms with Gasteiger partial charge in [0.25, 0.3) is 0 Å². The van der Waals surface area contributed by atoms with Crippen molar-refractivity contribution in [2.45, 2.75) is 96.2 Å². The molecule has 1 aromatic carbocycles. The number of aromatic nitrogens is 2. The van der Waals surface area contributed by atoms with Gasteiger partial charge in [-0.2, -0.15) is 18.2 Å². The van der Waals surface area contributed by atoms with Gasteiger partial charge in [0, 0.05) is 18.5 Å². The van der Waals surface area contributed by atoms with Crippen molar-refractivity contribution in [1.29, 1.82) is 0 Å². The lowest BCUT2D eigenvalue weighted by Crippen LogP contribution is -2.51. The molecule has 2 aromatic rings. The van der Waals surface area contributed by atoms with Crippen LogP contribution in [-0.2, 0) is 6.18 Å². The monoisotopic (exact) mass is 500 g/mol. The van der Waals surface area contributed by atoms with Gasteiger partial charge in [-0.1, -0.05) is 44.2 Å². The SMILES string of the molecule is CCCCCCCCOc1ccc(-c2noc(C3CC(C)(F)CN3C(C)(C)N)n2)cc1C(F)(F)F. The molecule has 0 spiro atoms. The molecule has 0 amide bonds. The first kappa shape index (κ1) is 27.4. The van der Waals surface area contributed by atoms with Crippen molar-refractivity contribution in [2.24, 2.45) is 5.73 Å². The van der Waals surface area contributed by atoms with Crippen LogP contribution in [0.4, 0.5) is 17.6 Å². The van der Waals surface area contributed by atoms with Crippen LogP contribution in [0.5, 0.6) is 5.75 Å². The minimum atomic E-state index is -4.61. The van der Waals surface area contributed by atoms with Gasteiger partial charge in [0.05, 0.1) is 23.9 Å². The summed E-state index contributed by atoms with van der Waals surface area (Å²) in [6.07, 6.45) is 1.56. The van der Waals surface area contributed by atoms with Gasteiger partial charge < -0.3 is 15.0 Å². The number of unbranched alkanes of at least 4 members (excludes halogenated alkanes) is 5. The fourth-order valence-electron chi connectivity index (χ4n) is 4.44. The molecule has 1 fully saturated rings. The molecule has 1 saturated heterocycles. The van der Waals surface area contributed by atoms with E-state index in [1.54, 1.807) is 18.7 Å². The lowest BCUT2D eigenvalue weighted by molar-refractivity contribution is -0.138. The molecule has 3 rings (SSSR count). The Morgan fingerprint density at radius 2 is 1.86 bits per heavy atom. The second kappa shape index (κ2) is 10.8. The molecule has 2 atom stereocenters. The van der Waals surface area contributed by atoms with Crippen LogP contribution >= 0.6 is 0 Å². The fourth-order valence-corrected chi connectivity index (χ4v) is 4.44. The van der Waals surface area contributed by atoms with Gasteiger partial charge in [-0.05, 0) is 45.4 Å². The third-order valence-corrected chi connectivity index (χ3v) is 6.26. The molecule has 2 unspecified atom stereocenters. The summed E-state index contributed by atoms with van der Waals surface area (Å²) in [7, 11) is 0. The number of hydrogen-bond acceptors (Lipinski definition) is 6. The van der Waals surface area contributed by atoms with E-state index in [1.165, 1.54) is 19.1 Å². The van der Waals surface area contributed by atoms with Crippen LogP contribution in [0, 0.1) is 0 Å².